The molecule has 2 N–H and O–H groups in total. The van der Waals surface area contributed by atoms with Crippen LogP contribution >= 0.6 is 0 Å². The maximum atomic E-state index is 9.12. The van der Waals surface area contributed by atoms with Crippen LogP contribution in [0.15, 0.2) is 42.6 Å². The monoisotopic (exact) mass is 253 g/mol. The third-order valence-electron chi connectivity index (χ3n) is 3.40. The molecular weight excluding hydrogens is 234 g/mol. The van der Waals surface area contributed by atoms with Gasteiger partial charge >= 0.3 is 0 Å². The first-order valence-electron chi connectivity index (χ1n) is 6.62. The lowest BCUT2D eigenvalue weighted by Gasteiger charge is -2.13. The van der Waals surface area contributed by atoms with Crippen molar-refractivity contribution in [3.8, 4) is 6.07 Å². The molecule has 0 saturated heterocycles. The molecule has 1 aromatic heterocycles. The molecule has 19 heavy (non-hydrogen) atoms. The Labute approximate surface area is 114 Å². The van der Waals surface area contributed by atoms with Crippen LogP contribution in [-0.4, -0.2) is 10.6 Å². The number of aromatic nitrogens is 1. The number of benzene rings is 1. The standard InChI is InChI=1S/C16H19N3/c1-2-15(18)10-16-8-5-9-19(16)12-14-7-4-3-6-13(14)11-17/h3-9,15H,2,10,12,18H2,1H3. The molecular formula is C16H19N3. The van der Waals surface area contributed by atoms with Crippen LogP contribution in [0.1, 0.15) is 30.2 Å². The molecule has 2 rings (SSSR count). The van der Waals surface area contributed by atoms with Gasteiger partial charge in [0.1, 0.15) is 0 Å². The van der Waals surface area contributed by atoms with Crippen molar-refractivity contribution in [1.29, 1.82) is 5.26 Å². The highest BCUT2D eigenvalue weighted by molar-refractivity contribution is 5.37. The minimum atomic E-state index is 0.194. The molecule has 0 bridgehead atoms. The van der Waals surface area contributed by atoms with Gasteiger partial charge in [0.2, 0.25) is 0 Å². The number of nitrogens with two attached hydrogens (primary N) is 1. The quantitative estimate of drug-likeness (QED) is 0.890. The van der Waals surface area contributed by atoms with Crippen LogP contribution in [0.2, 0.25) is 0 Å². The lowest BCUT2D eigenvalue weighted by atomic mass is 10.1. The Bertz CT molecular complexity index is 578. The summed E-state index contributed by atoms with van der Waals surface area (Å²) in [5.74, 6) is 0. The van der Waals surface area contributed by atoms with E-state index in [0.717, 1.165) is 30.5 Å². The van der Waals surface area contributed by atoms with Crippen molar-refractivity contribution in [3.05, 3.63) is 59.4 Å². The zero-order chi connectivity index (χ0) is 13.7. The number of rotatable bonds is 5. The average Bonchev–Trinajstić information content (AvgIpc) is 2.86. The van der Waals surface area contributed by atoms with Crippen LogP contribution in [0.5, 0.6) is 0 Å². The van der Waals surface area contributed by atoms with E-state index in [0.29, 0.717) is 0 Å². The summed E-state index contributed by atoms with van der Waals surface area (Å²) >= 11 is 0. The summed E-state index contributed by atoms with van der Waals surface area (Å²) in [5.41, 5.74) is 9.03. The van der Waals surface area contributed by atoms with Gasteiger partial charge in [0.25, 0.3) is 0 Å². The molecule has 0 amide bonds. The zero-order valence-corrected chi connectivity index (χ0v) is 11.2. The molecule has 0 fully saturated rings. The lowest BCUT2D eigenvalue weighted by Crippen LogP contribution is -2.23. The van der Waals surface area contributed by atoms with E-state index in [1.807, 2.05) is 36.5 Å². The van der Waals surface area contributed by atoms with Crippen molar-refractivity contribution >= 4 is 0 Å². The van der Waals surface area contributed by atoms with Crippen LogP contribution in [0.3, 0.4) is 0 Å². The third kappa shape index (κ3) is 3.24. The van der Waals surface area contributed by atoms with Gasteiger partial charge in [-0.2, -0.15) is 5.26 Å². The lowest BCUT2D eigenvalue weighted by molar-refractivity contribution is 0.610. The topological polar surface area (TPSA) is 54.7 Å². The molecule has 0 aliphatic rings. The molecule has 3 nitrogen and oxygen atoms in total. The Morgan fingerprint density at radius 3 is 2.79 bits per heavy atom. The van der Waals surface area contributed by atoms with E-state index in [2.05, 4.69) is 23.6 Å². The number of hydrogen-bond acceptors (Lipinski definition) is 2. The molecule has 0 saturated carbocycles. The zero-order valence-electron chi connectivity index (χ0n) is 11.2. The third-order valence-corrected chi connectivity index (χ3v) is 3.40. The first-order valence-corrected chi connectivity index (χ1v) is 6.62. The summed E-state index contributed by atoms with van der Waals surface area (Å²) in [5, 5.41) is 9.12. The first-order chi connectivity index (χ1) is 9.24. The second-order valence-electron chi connectivity index (χ2n) is 4.77. The predicted molar refractivity (Wildman–Crippen MR) is 76.7 cm³/mol. The molecule has 3 heteroatoms. The predicted octanol–water partition coefficient (Wildman–Crippen LogP) is 2.69. The van der Waals surface area contributed by atoms with Gasteiger partial charge in [-0.15, -0.1) is 0 Å². The van der Waals surface area contributed by atoms with Crippen LogP contribution in [-0.2, 0) is 13.0 Å². The first kappa shape index (κ1) is 13.4. The molecule has 1 unspecified atom stereocenters. The van der Waals surface area contributed by atoms with E-state index >= 15 is 0 Å². The Balaban J connectivity index is 2.20. The van der Waals surface area contributed by atoms with Gasteiger partial charge in [-0.25, -0.2) is 0 Å². The van der Waals surface area contributed by atoms with Gasteiger partial charge in [0, 0.05) is 30.9 Å². The summed E-state index contributed by atoms with van der Waals surface area (Å²) in [4.78, 5) is 0. The number of hydrogen-bond donors (Lipinski definition) is 1. The van der Waals surface area contributed by atoms with Crippen LogP contribution in [0.4, 0.5) is 0 Å². The summed E-state index contributed by atoms with van der Waals surface area (Å²) in [7, 11) is 0. The van der Waals surface area contributed by atoms with E-state index in [4.69, 9.17) is 11.0 Å². The smallest absolute Gasteiger partial charge is 0.0995 e. The minimum Gasteiger partial charge on any atom is -0.347 e. The van der Waals surface area contributed by atoms with Crippen LogP contribution in [0, 0.1) is 11.3 Å². The summed E-state index contributed by atoms with van der Waals surface area (Å²) in [6, 6.07) is 14.3. The van der Waals surface area contributed by atoms with Crippen molar-refractivity contribution in [2.24, 2.45) is 5.73 Å². The van der Waals surface area contributed by atoms with Crippen molar-refractivity contribution in [1.82, 2.24) is 4.57 Å². The van der Waals surface area contributed by atoms with E-state index in [1.165, 1.54) is 5.69 Å². The molecule has 1 heterocycles. The van der Waals surface area contributed by atoms with Crippen molar-refractivity contribution < 1.29 is 0 Å². The Hall–Kier alpha value is -2.05. The van der Waals surface area contributed by atoms with Gasteiger partial charge in [-0.1, -0.05) is 25.1 Å². The normalized spacial score (nSPS) is 12.1. The minimum absolute atomic E-state index is 0.194. The van der Waals surface area contributed by atoms with Gasteiger partial charge in [-0.05, 0) is 30.2 Å². The highest BCUT2D eigenvalue weighted by Crippen LogP contribution is 2.13. The summed E-state index contributed by atoms with van der Waals surface area (Å²) in [6.07, 6.45) is 3.89. The van der Waals surface area contributed by atoms with Gasteiger partial charge in [-0.3, -0.25) is 0 Å². The summed E-state index contributed by atoms with van der Waals surface area (Å²) in [6.45, 7) is 2.82. The van der Waals surface area contributed by atoms with E-state index in [9.17, 15) is 0 Å². The fraction of sp³-hybridized carbons (Fsp3) is 0.312. The maximum absolute atomic E-state index is 9.12. The highest BCUT2D eigenvalue weighted by atomic mass is 15.0. The molecule has 0 spiro atoms. The number of nitriles is 1. The van der Waals surface area contributed by atoms with Crippen molar-refractivity contribution in [2.45, 2.75) is 32.4 Å². The van der Waals surface area contributed by atoms with Crippen molar-refractivity contribution in [2.75, 3.05) is 0 Å². The molecule has 0 radical (unpaired) electrons. The van der Waals surface area contributed by atoms with Gasteiger partial charge in [0.05, 0.1) is 11.6 Å². The highest BCUT2D eigenvalue weighted by Gasteiger charge is 2.08. The SMILES string of the molecule is CCC(N)Cc1cccn1Cc1ccccc1C#N. The molecule has 98 valence electrons. The van der Waals surface area contributed by atoms with E-state index in [1.54, 1.807) is 0 Å². The second kappa shape index (κ2) is 6.21. The van der Waals surface area contributed by atoms with E-state index in [-0.39, 0.29) is 6.04 Å². The summed E-state index contributed by atoms with van der Waals surface area (Å²) < 4.78 is 2.17. The Morgan fingerprint density at radius 2 is 2.05 bits per heavy atom. The second-order valence-corrected chi connectivity index (χ2v) is 4.77. The van der Waals surface area contributed by atoms with Crippen LogP contribution in [0.25, 0.3) is 0 Å². The molecule has 0 aliphatic heterocycles. The van der Waals surface area contributed by atoms with E-state index < -0.39 is 0 Å². The fourth-order valence-electron chi connectivity index (χ4n) is 2.15. The van der Waals surface area contributed by atoms with Gasteiger partial charge in [0.15, 0.2) is 0 Å². The maximum Gasteiger partial charge on any atom is 0.0995 e. The largest absolute Gasteiger partial charge is 0.347 e. The molecule has 1 atom stereocenters. The number of nitrogens with zero attached hydrogens (tertiary/aromatic N) is 2. The van der Waals surface area contributed by atoms with Crippen molar-refractivity contribution in [3.63, 3.8) is 0 Å². The molecule has 2 aromatic rings. The fourth-order valence-corrected chi connectivity index (χ4v) is 2.15. The Morgan fingerprint density at radius 1 is 1.26 bits per heavy atom. The Kier molecular flexibility index (Phi) is 4.38. The average molecular weight is 253 g/mol. The van der Waals surface area contributed by atoms with Gasteiger partial charge < -0.3 is 10.3 Å². The molecule has 1 aromatic carbocycles. The van der Waals surface area contributed by atoms with Crippen LogP contribution < -0.4 is 5.73 Å². The molecule has 0 aliphatic carbocycles.